The molecule has 0 spiro atoms. The second-order valence-corrected chi connectivity index (χ2v) is 5.50. The Labute approximate surface area is 128 Å². The average molecular weight is 312 g/mol. The highest BCUT2D eigenvalue weighted by atomic mass is 35.5. The summed E-state index contributed by atoms with van der Waals surface area (Å²) in [5, 5.41) is 9.47. The van der Waals surface area contributed by atoms with E-state index in [2.05, 4.69) is 0 Å². The van der Waals surface area contributed by atoms with Gasteiger partial charge in [-0.3, -0.25) is 9.59 Å². The van der Waals surface area contributed by atoms with E-state index in [9.17, 15) is 9.59 Å². The molecule has 0 aromatic heterocycles. The van der Waals surface area contributed by atoms with Crippen LogP contribution in [0.1, 0.15) is 30.1 Å². The first-order chi connectivity index (χ1) is 10.0. The molecule has 114 valence electrons. The number of nitrogens with zero attached hydrogens (tertiary/aromatic N) is 1. The standard InChI is InChI=1S/C15H18ClNO4/c1-2-7-21-13-4-3-11(16)8-12(13)14(18)17-6-5-10(9-17)15(19)20/h3-4,8,10H,2,5-7,9H2,1H3,(H,19,20)/t10-/m0/s1. The molecule has 1 aliphatic heterocycles. The number of hydrogen-bond donors (Lipinski definition) is 1. The maximum Gasteiger partial charge on any atom is 0.308 e. The Balaban J connectivity index is 2.18. The smallest absolute Gasteiger partial charge is 0.308 e. The molecule has 6 heteroatoms. The van der Waals surface area contributed by atoms with E-state index >= 15 is 0 Å². The Hall–Kier alpha value is -1.75. The fourth-order valence-corrected chi connectivity index (χ4v) is 2.50. The third-order valence-electron chi connectivity index (χ3n) is 3.46. The summed E-state index contributed by atoms with van der Waals surface area (Å²) >= 11 is 5.96. The van der Waals surface area contributed by atoms with Crippen molar-refractivity contribution in [3.8, 4) is 5.75 Å². The molecule has 1 atom stereocenters. The molecular formula is C15H18ClNO4. The van der Waals surface area contributed by atoms with E-state index in [1.807, 2.05) is 6.92 Å². The molecule has 1 heterocycles. The molecule has 1 fully saturated rings. The van der Waals surface area contributed by atoms with Crippen molar-refractivity contribution in [2.24, 2.45) is 5.92 Å². The van der Waals surface area contributed by atoms with Crippen LogP contribution >= 0.6 is 11.6 Å². The van der Waals surface area contributed by atoms with Crippen LogP contribution in [-0.4, -0.2) is 41.6 Å². The second-order valence-electron chi connectivity index (χ2n) is 5.06. The van der Waals surface area contributed by atoms with Gasteiger partial charge in [-0.2, -0.15) is 0 Å². The number of carboxylic acids is 1. The number of aliphatic carboxylic acids is 1. The summed E-state index contributed by atoms with van der Waals surface area (Å²) < 4.78 is 5.57. The normalized spacial score (nSPS) is 17.8. The maximum absolute atomic E-state index is 12.5. The van der Waals surface area contributed by atoms with Crippen molar-refractivity contribution < 1.29 is 19.4 Å². The number of rotatable bonds is 5. The fourth-order valence-electron chi connectivity index (χ4n) is 2.32. The first-order valence-electron chi connectivity index (χ1n) is 6.97. The molecule has 2 rings (SSSR count). The third kappa shape index (κ3) is 3.67. The zero-order valence-corrected chi connectivity index (χ0v) is 12.6. The largest absolute Gasteiger partial charge is 0.493 e. The Morgan fingerprint density at radius 2 is 2.24 bits per heavy atom. The monoisotopic (exact) mass is 311 g/mol. The van der Waals surface area contributed by atoms with Crippen LogP contribution in [-0.2, 0) is 4.79 Å². The van der Waals surface area contributed by atoms with Gasteiger partial charge in [0.1, 0.15) is 5.75 Å². The van der Waals surface area contributed by atoms with Gasteiger partial charge in [-0.15, -0.1) is 0 Å². The Morgan fingerprint density at radius 1 is 1.48 bits per heavy atom. The van der Waals surface area contributed by atoms with Crippen LogP contribution in [0.2, 0.25) is 5.02 Å². The van der Waals surface area contributed by atoms with Gasteiger partial charge >= 0.3 is 5.97 Å². The third-order valence-corrected chi connectivity index (χ3v) is 3.69. The zero-order valence-electron chi connectivity index (χ0n) is 11.8. The highest BCUT2D eigenvalue weighted by molar-refractivity contribution is 6.31. The van der Waals surface area contributed by atoms with E-state index in [1.165, 1.54) is 0 Å². The minimum Gasteiger partial charge on any atom is -0.493 e. The van der Waals surface area contributed by atoms with Gasteiger partial charge in [0, 0.05) is 18.1 Å². The number of ether oxygens (including phenoxy) is 1. The van der Waals surface area contributed by atoms with Crippen molar-refractivity contribution in [1.29, 1.82) is 0 Å². The molecule has 1 N–H and O–H groups in total. The van der Waals surface area contributed by atoms with Crippen LogP contribution in [0.15, 0.2) is 18.2 Å². The number of likely N-dealkylation sites (tertiary alicyclic amines) is 1. The summed E-state index contributed by atoms with van der Waals surface area (Å²) in [7, 11) is 0. The first-order valence-corrected chi connectivity index (χ1v) is 7.35. The average Bonchev–Trinajstić information content (AvgIpc) is 2.95. The Bertz CT molecular complexity index is 546. The molecule has 0 aliphatic carbocycles. The van der Waals surface area contributed by atoms with Crippen molar-refractivity contribution >= 4 is 23.5 Å². The summed E-state index contributed by atoms with van der Waals surface area (Å²) in [6.07, 6.45) is 1.31. The minimum atomic E-state index is -0.862. The molecular weight excluding hydrogens is 294 g/mol. The van der Waals surface area contributed by atoms with Gasteiger partial charge in [-0.1, -0.05) is 18.5 Å². The number of halogens is 1. The van der Waals surface area contributed by atoms with E-state index < -0.39 is 11.9 Å². The molecule has 1 amide bonds. The number of hydrogen-bond acceptors (Lipinski definition) is 3. The lowest BCUT2D eigenvalue weighted by Crippen LogP contribution is -2.30. The quantitative estimate of drug-likeness (QED) is 0.908. The molecule has 0 bridgehead atoms. The number of carbonyl (C=O) groups excluding carboxylic acids is 1. The van der Waals surface area contributed by atoms with E-state index in [0.29, 0.717) is 35.9 Å². The van der Waals surface area contributed by atoms with Crippen LogP contribution in [0, 0.1) is 5.92 Å². The van der Waals surface area contributed by atoms with E-state index in [-0.39, 0.29) is 12.5 Å². The van der Waals surface area contributed by atoms with Crippen LogP contribution < -0.4 is 4.74 Å². The highest BCUT2D eigenvalue weighted by Crippen LogP contribution is 2.27. The Kier molecular flexibility index (Phi) is 5.07. The van der Waals surface area contributed by atoms with Gasteiger partial charge in [-0.25, -0.2) is 0 Å². The lowest BCUT2D eigenvalue weighted by molar-refractivity contribution is -0.141. The number of carbonyl (C=O) groups is 2. The van der Waals surface area contributed by atoms with E-state index in [1.54, 1.807) is 23.1 Å². The van der Waals surface area contributed by atoms with Crippen LogP contribution in [0.5, 0.6) is 5.75 Å². The molecule has 1 saturated heterocycles. The van der Waals surface area contributed by atoms with Gasteiger partial charge < -0.3 is 14.7 Å². The zero-order chi connectivity index (χ0) is 15.4. The predicted molar refractivity (Wildman–Crippen MR) is 78.9 cm³/mol. The summed E-state index contributed by atoms with van der Waals surface area (Å²) in [6, 6.07) is 4.92. The lowest BCUT2D eigenvalue weighted by atomic mass is 10.1. The van der Waals surface area contributed by atoms with Crippen molar-refractivity contribution in [1.82, 2.24) is 4.90 Å². The van der Waals surface area contributed by atoms with E-state index in [4.69, 9.17) is 21.4 Å². The maximum atomic E-state index is 12.5. The van der Waals surface area contributed by atoms with Crippen molar-refractivity contribution in [2.45, 2.75) is 19.8 Å². The van der Waals surface area contributed by atoms with Gasteiger partial charge in [-0.05, 0) is 31.0 Å². The van der Waals surface area contributed by atoms with Crippen LogP contribution in [0.25, 0.3) is 0 Å². The van der Waals surface area contributed by atoms with Crippen LogP contribution in [0.4, 0.5) is 0 Å². The van der Waals surface area contributed by atoms with Crippen molar-refractivity contribution in [3.63, 3.8) is 0 Å². The van der Waals surface area contributed by atoms with Gasteiger partial charge in [0.2, 0.25) is 0 Å². The minimum absolute atomic E-state index is 0.229. The molecule has 21 heavy (non-hydrogen) atoms. The van der Waals surface area contributed by atoms with Gasteiger partial charge in [0.15, 0.2) is 0 Å². The van der Waals surface area contributed by atoms with Gasteiger partial charge in [0.05, 0.1) is 18.1 Å². The molecule has 1 aromatic carbocycles. The molecule has 1 aromatic rings. The fraction of sp³-hybridized carbons (Fsp3) is 0.467. The molecule has 5 nitrogen and oxygen atoms in total. The highest BCUT2D eigenvalue weighted by Gasteiger charge is 2.32. The molecule has 0 saturated carbocycles. The number of carboxylic acid groups (broad SMARTS) is 1. The Morgan fingerprint density at radius 3 is 2.86 bits per heavy atom. The summed E-state index contributed by atoms with van der Waals surface area (Å²) in [5.41, 5.74) is 0.391. The van der Waals surface area contributed by atoms with Crippen LogP contribution in [0.3, 0.4) is 0 Å². The number of amides is 1. The summed E-state index contributed by atoms with van der Waals surface area (Å²) in [4.78, 5) is 25.1. The SMILES string of the molecule is CCCOc1ccc(Cl)cc1C(=O)N1CC[C@H](C(=O)O)C1. The van der Waals surface area contributed by atoms with Gasteiger partial charge in [0.25, 0.3) is 5.91 Å². The van der Waals surface area contributed by atoms with E-state index in [0.717, 1.165) is 6.42 Å². The first kappa shape index (κ1) is 15.6. The number of benzene rings is 1. The molecule has 0 unspecified atom stereocenters. The topological polar surface area (TPSA) is 66.8 Å². The summed E-state index contributed by atoms with van der Waals surface area (Å²) in [5.74, 6) is -1.09. The molecule has 0 radical (unpaired) electrons. The second kappa shape index (κ2) is 6.80. The predicted octanol–water partition coefficient (Wildman–Crippen LogP) is 2.68. The summed E-state index contributed by atoms with van der Waals surface area (Å²) in [6.45, 7) is 3.17. The molecule has 1 aliphatic rings. The van der Waals surface area contributed by atoms with Crippen molar-refractivity contribution in [3.05, 3.63) is 28.8 Å². The lowest BCUT2D eigenvalue weighted by Gasteiger charge is -2.18. The van der Waals surface area contributed by atoms with Crippen molar-refractivity contribution in [2.75, 3.05) is 19.7 Å².